The molecule has 0 saturated heterocycles. The van der Waals surface area contributed by atoms with Crippen LogP contribution in [0.3, 0.4) is 0 Å². The lowest BCUT2D eigenvalue weighted by Gasteiger charge is -2.18. The molecule has 2 aromatic rings. The van der Waals surface area contributed by atoms with E-state index in [1.165, 1.54) is 17.2 Å². The first kappa shape index (κ1) is 19.1. The van der Waals surface area contributed by atoms with Crippen molar-refractivity contribution in [3.8, 4) is 0 Å². The fraction of sp³-hybridized carbons (Fsp3) is 0.478. The monoisotopic (exact) mass is 439 g/mol. The molecule has 6 rings (SSSR count). The number of fused-ring (bicyclic) bond motifs is 6. The van der Waals surface area contributed by atoms with E-state index in [2.05, 4.69) is 16.1 Å². The highest BCUT2D eigenvalue weighted by Gasteiger charge is 2.41. The van der Waals surface area contributed by atoms with E-state index in [9.17, 15) is 13.2 Å². The van der Waals surface area contributed by atoms with Crippen molar-refractivity contribution in [1.29, 1.82) is 5.41 Å². The number of anilines is 1. The molecule has 1 aromatic heterocycles. The summed E-state index contributed by atoms with van der Waals surface area (Å²) in [5.74, 6) is 0.934. The highest BCUT2D eigenvalue weighted by molar-refractivity contribution is 7.89. The maximum Gasteiger partial charge on any atom is 0.333 e. The van der Waals surface area contributed by atoms with Gasteiger partial charge in [0.25, 0.3) is 10.0 Å². The first-order chi connectivity index (χ1) is 14.9. The minimum Gasteiger partial charge on any atom is -0.447 e. The SMILES string of the molecule is N=C1c2cc(S(=O)(=O)NC(=O)Nc3c4c(cc5c3CCC5)CCC4)oc2C2CCC1C2. The number of benzene rings is 1. The number of amides is 2. The van der Waals surface area contributed by atoms with E-state index in [0.717, 1.165) is 74.6 Å². The van der Waals surface area contributed by atoms with Gasteiger partial charge in [0.2, 0.25) is 5.09 Å². The normalized spacial score (nSPS) is 23.4. The molecule has 3 N–H and O–H groups in total. The van der Waals surface area contributed by atoms with E-state index in [4.69, 9.17) is 9.83 Å². The van der Waals surface area contributed by atoms with Crippen LogP contribution in [0.2, 0.25) is 0 Å². The molecule has 1 fully saturated rings. The predicted octanol–water partition coefficient (Wildman–Crippen LogP) is 4.03. The van der Waals surface area contributed by atoms with Crippen LogP contribution in [0.15, 0.2) is 21.6 Å². The van der Waals surface area contributed by atoms with E-state index in [1.807, 2.05) is 0 Å². The molecule has 8 heteroatoms. The third-order valence-corrected chi connectivity index (χ3v) is 8.63. The Bertz CT molecular complexity index is 1210. The number of furan rings is 1. The number of hydrogen-bond acceptors (Lipinski definition) is 5. The van der Waals surface area contributed by atoms with E-state index in [0.29, 0.717) is 17.0 Å². The van der Waals surface area contributed by atoms with Crippen molar-refractivity contribution in [2.24, 2.45) is 5.92 Å². The summed E-state index contributed by atoms with van der Waals surface area (Å²) in [6, 6.07) is 2.91. The number of hydrogen-bond donors (Lipinski definition) is 3. The van der Waals surface area contributed by atoms with Crippen LogP contribution >= 0.6 is 0 Å². The van der Waals surface area contributed by atoms with E-state index in [1.54, 1.807) is 0 Å². The molecule has 0 spiro atoms. The largest absolute Gasteiger partial charge is 0.447 e. The molecule has 2 amide bonds. The average Bonchev–Trinajstić information content (AvgIpc) is 3.50. The summed E-state index contributed by atoms with van der Waals surface area (Å²) in [5.41, 5.74) is 6.66. The third-order valence-electron chi connectivity index (χ3n) is 7.44. The van der Waals surface area contributed by atoms with E-state index >= 15 is 0 Å². The summed E-state index contributed by atoms with van der Waals surface area (Å²) >= 11 is 0. The van der Waals surface area contributed by atoms with Crippen molar-refractivity contribution in [1.82, 2.24) is 4.72 Å². The summed E-state index contributed by atoms with van der Waals surface area (Å²) in [5, 5.41) is 10.9. The Morgan fingerprint density at radius 3 is 2.39 bits per heavy atom. The molecule has 1 saturated carbocycles. The first-order valence-electron chi connectivity index (χ1n) is 11.1. The fourth-order valence-corrected chi connectivity index (χ4v) is 6.88. The fourth-order valence-electron chi connectivity index (χ4n) is 6.01. The molecular weight excluding hydrogens is 414 g/mol. The van der Waals surface area contributed by atoms with Crippen LogP contribution in [0.25, 0.3) is 0 Å². The number of urea groups is 1. The highest BCUT2D eigenvalue weighted by atomic mass is 32.2. The second kappa shape index (κ2) is 6.69. The van der Waals surface area contributed by atoms with Crippen LogP contribution in [0.1, 0.15) is 71.6 Å². The molecular formula is C23H25N3O4S. The number of nitrogens with one attached hydrogen (secondary N) is 3. The standard InChI is InChI=1S/C23H25N3O4S/c24-20-14-7-8-15(10-14)22-18(20)11-19(30-22)31(28,29)26-23(27)25-21-16-5-1-3-12(16)9-13-4-2-6-17(13)21/h9,11,14-15,24H,1-8,10H2,(H2,25,26,27). The molecule has 1 aromatic carbocycles. The van der Waals surface area contributed by atoms with Crippen molar-refractivity contribution < 1.29 is 17.6 Å². The van der Waals surface area contributed by atoms with E-state index < -0.39 is 16.1 Å². The van der Waals surface area contributed by atoms with Gasteiger partial charge in [0.1, 0.15) is 5.76 Å². The zero-order valence-corrected chi connectivity index (χ0v) is 18.0. The van der Waals surface area contributed by atoms with Crippen molar-refractivity contribution in [2.45, 2.75) is 68.8 Å². The molecule has 0 aliphatic heterocycles. The van der Waals surface area contributed by atoms with Gasteiger partial charge >= 0.3 is 6.03 Å². The summed E-state index contributed by atoms with van der Waals surface area (Å²) in [4.78, 5) is 12.8. The van der Waals surface area contributed by atoms with Gasteiger partial charge in [-0.15, -0.1) is 0 Å². The summed E-state index contributed by atoms with van der Waals surface area (Å²) in [6.45, 7) is 0. The summed E-state index contributed by atoms with van der Waals surface area (Å²) < 4.78 is 33.6. The Kier molecular flexibility index (Phi) is 4.12. The number of rotatable bonds is 3. The van der Waals surface area contributed by atoms with Gasteiger partial charge in [-0.05, 0) is 80.0 Å². The Hall–Kier alpha value is -2.61. The van der Waals surface area contributed by atoms with Crippen LogP contribution < -0.4 is 10.0 Å². The first-order valence-corrected chi connectivity index (χ1v) is 12.6. The van der Waals surface area contributed by atoms with Crippen molar-refractivity contribution >= 4 is 27.5 Å². The third kappa shape index (κ3) is 2.95. The van der Waals surface area contributed by atoms with Crippen molar-refractivity contribution in [3.63, 3.8) is 0 Å². The van der Waals surface area contributed by atoms with Gasteiger partial charge in [0, 0.05) is 34.9 Å². The smallest absolute Gasteiger partial charge is 0.333 e. The maximum absolute atomic E-state index is 12.9. The molecule has 0 radical (unpaired) electrons. The predicted molar refractivity (Wildman–Crippen MR) is 115 cm³/mol. The van der Waals surface area contributed by atoms with Gasteiger partial charge in [-0.25, -0.2) is 9.52 Å². The van der Waals surface area contributed by atoms with Crippen molar-refractivity contribution in [3.05, 3.63) is 45.7 Å². The van der Waals surface area contributed by atoms with Gasteiger partial charge in [0.15, 0.2) is 0 Å². The van der Waals surface area contributed by atoms with Crippen LogP contribution in [0.5, 0.6) is 0 Å². The Balaban J connectivity index is 1.27. The number of aryl methyl sites for hydroxylation is 2. The molecule has 1 heterocycles. The summed E-state index contributed by atoms with van der Waals surface area (Å²) in [7, 11) is -4.17. The molecule has 2 bridgehead atoms. The Morgan fingerprint density at radius 2 is 1.68 bits per heavy atom. The van der Waals surface area contributed by atoms with Gasteiger partial charge < -0.3 is 15.1 Å². The molecule has 31 heavy (non-hydrogen) atoms. The highest BCUT2D eigenvalue weighted by Crippen LogP contribution is 2.47. The number of sulfonamides is 1. The Labute approximate surface area is 181 Å². The lowest BCUT2D eigenvalue weighted by molar-refractivity contribution is 0.256. The second-order valence-electron chi connectivity index (χ2n) is 9.26. The molecule has 162 valence electrons. The molecule has 7 nitrogen and oxygen atoms in total. The van der Waals surface area contributed by atoms with Gasteiger partial charge in [-0.1, -0.05) is 6.07 Å². The lowest BCUT2D eigenvalue weighted by atomic mass is 9.86. The molecule has 4 aliphatic carbocycles. The van der Waals surface area contributed by atoms with Crippen LogP contribution in [0, 0.1) is 11.3 Å². The Morgan fingerprint density at radius 1 is 1.00 bits per heavy atom. The van der Waals surface area contributed by atoms with E-state index in [-0.39, 0.29) is 16.9 Å². The zero-order chi connectivity index (χ0) is 21.3. The minimum atomic E-state index is -4.17. The number of carbonyl (C=O) groups is 1. The molecule has 4 aliphatic rings. The molecule has 2 atom stereocenters. The van der Waals surface area contributed by atoms with Crippen LogP contribution in [0.4, 0.5) is 10.5 Å². The maximum atomic E-state index is 12.9. The zero-order valence-electron chi connectivity index (χ0n) is 17.2. The molecule has 2 unspecified atom stereocenters. The van der Waals surface area contributed by atoms with Gasteiger partial charge in [-0.3, -0.25) is 0 Å². The average molecular weight is 440 g/mol. The van der Waals surface area contributed by atoms with Crippen LogP contribution in [-0.2, 0) is 35.7 Å². The second-order valence-corrected chi connectivity index (χ2v) is 10.9. The minimum absolute atomic E-state index is 0.168. The van der Waals surface area contributed by atoms with Crippen molar-refractivity contribution in [2.75, 3.05) is 5.32 Å². The topological polar surface area (TPSA) is 112 Å². The van der Waals surface area contributed by atoms with Gasteiger partial charge in [0.05, 0.1) is 0 Å². The van der Waals surface area contributed by atoms with Crippen LogP contribution in [-0.4, -0.2) is 20.2 Å². The summed E-state index contributed by atoms with van der Waals surface area (Å²) in [6.07, 6.45) is 8.62. The quantitative estimate of drug-likeness (QED) is 0.670. The lowest BCUT2D eigenvalue weighted by Crippen LogP contribution is -2.34. The number of carbonyl (C=O) groups excluding carboxylic acids is 1. The van der Waals surface area contributed by atoms with Gasteiger partial charge in [-0.2, -0.15) is 8.42 Å².